The van der Waals surface area contributed by atoms with Crippen molar-refractivity contribution in [1.29, 1.82) is 0 Å². The maximum absolute atomic E-state index is 12.6. The number of benzene rings is 2. The number of oxazole rings is 1. The summed E-state index contributed by atoms with van der Waals surface area (Å²) in [4.78, 5) is 17.1. The van der Waals surface area contributed by atoms with Gasteiger partial charge in [0.25, 0.3) is 5.91 Å². The molecule has 2 aromatic carbocycles. The van der Waals surface area contributed by atoms with Crippen molar-refractivity contribution in [2.24, 2.45) is 0 Å². The maximum atomic E-state index is 12.6. The summed E-state index contributed by atoms with van der Waals surface area (Å²) >= 11 is 5.87. The molecule has 0 atom stereocenters. The number of nitrogens with one attached hydrogen (secondary N) is 1. The van der Waals surface area contributed by atoms with Crippen LogP contribution in [-0.4, -0.2) is 10.9 Å². The summed E-state index contributed by atoms with van der Waals surface area (Å²) < 4.78 is 5.91. The van der Waals surface area contributed by atoms with Crippen molar-refractivity contribution in [2.75, 3.05) is 5.32 Å². The van der Waals surface area contributed by atoms with Crippen LogP contribution in [0.4, 0.5) is 5.69 Å². The van der Waals surface area contributed by atoms with Crippen molar-refractivity contribution in [3.63, 3.8) is 0 Å². The zero-order valence-corrected chi connectivity index (χ0v) is 13.6. The molecule has 3 aromatic rings. The fraction of sp³-hybridized carbons (Fsp3) is 0.158. The molecule has 0 aliphatic heterocycles. The van der Waals surface area contributed by atoms with Gasteiger partial charge in [0, 0.05) is 22.2 Å². The van der Waals surface area contributed by atoms with Gasteiger partial charge in [0.05, 0.1) is 0 Å². The molecule has 5 heteroatoms. The molecule has 1 saturated carbocycles. The monoisotopic (exact) mass is 338 g/mol. The number of halogens is 1. The minimum absolute atomic E-state index is 0.259. The highest BCUT2D eigenvalue weighted by molar-refractivity contribution is 6.30. The third-order valence-electron chi connectivity index (χ3n) is 3.94. The summed E-state index contributed by atoms with van der Waals surface area (Å²) in [5, 5.41) is 3.48. The van der Waals surface area contributed by atoms with Crippen molar-refractivity contribution in [3.8, 4) is 11.5 Å². The molecule has 0 saturated heterocycles. The van der Waals surface area contributed by atoms with Crippen molar-refractivity contribution in [3.05, 3.63) is 71.1 Å². The molecule has 1 aliphatic rings. The van der Waals surface area contributed by atoms with Crippen LogP contribution in [0.5, 0.6) is 0 Å². The van der Waals surface area contributed by atoms with Crippen LogP contribution in [0.3, 0.4) is 0 Å². The van der Waals surface area contributed by atoms with Crippen LogP contribution in [0.25, 0.3) is 11.5 Å². The Kier molecular flexibility index (Phi) is 3.82. The normalized spacial score (nSPS) is 13.7. The number of carbonyl (C=O) groups is 1. The van der Waals surface area contributed by atoms with E-state index in [2.05, 4.69) is 10.3 Å². The molecule has 1 aromatic heterocycles. The van der Waals surface area contributed by atoms with Gasteiger partial charge in [0.15, 0.2) is 5.69 Å². The molecule has 0 unspecified atom stereocenters. The number of aromatic nitrogens is 1. The zero-order valence-electron chi connectivity index (χ0n) is 12.8. The van der Waals surface area contributed by atoms with Crippen molar-refractivity contribution in [1.82, 2.24) is 4.98 Å². The van der Waals surface area contributed by atoms with E-state index in [0.717, 1.165) is 18.4 Å². The molecular weight excluding hydrogens is 324 g/mol. The van der Waals surface area contributed by atoms with E-state index in [-0.39, 0.29) is 5.91 Å². The number of amides is 1. The highest BCUT2D eigenvalue weighted by Gasteiger charge is 2.34. The molecule has 24 heavy (non-hydrogen) atoms. The minimum Gasteiger partial charge on any atom is -0.440 e. The van der Waals surface area contributed by atoms with E-state index in [0.29, 0.717) is 34.0 Å². The van der Waals surface area contributed by atoms with Crippen LogP contribution in [0.2, 0.25) is 5.02 Å². The van der Waals surface area contributed by atoms with E-state index < -0.39 is 0 Å². The Hall–Kier alpha value is -2.59. The molecule has 0 bridgehead atoms. The summed E-state index contributed by atoms with van der Waals surface area (Å²) in [5.74, 6) is 1.20. The standard InChI is InChI=1S/C19H15ClN2O2/c20-14-8-10-15(11-9-14)21-18(23)16-17(12-6-7-12)24-19(22-16)13-4-2-1-3-5-13/h1-5,8-12H,6-7H2,(H,21,23). The first-order valence-electron chi connectivity index (χ1n) is 7.84. The van der Waals surface area contributed by atoms with Crippen LogP contribution in [0.1, 0.15) is 35.0 Å². The number of hydrogen-bond donors (Lipinski definition) is 1. The minimum atomic E-state index is -0.259. The predicted molar refractivity (Wildman–Crippen MR) is 93.3 cm³/mol. The number of rotatable bonds is 4. The molecular formula is C19H15ClN2O2. The first-order valence-corrected chi connectivity index (χ1v) is 8.21. The number of carbonyl (C=O) groups excluding carboxylic acids is 1. The first-order chi connectivity index (χ1) is 11.7. The fourth-order valence-corrected chi connectivity index (χ4v) is 2.67. The van der Waals surface area contributed by atoms with Gasteiger partial charge < -0.3 is 9.73 Å². The van der Waals surface area contributed by atoms with Gasteiger partial charge in [0.1, 0.15) is 5.76 Å². The quantitative estimate of drug-likeness (QED) is 0.717. The molecule has 1 heterocycles. The van der Waals surface area contributed by atoms with E-state index in [4.69, 9.17) is 16.0 Å². The smallest absolute Gasteiger partial charge is 0.277 e. The molecule has 1 aliphatic carbocycles. The van der Waals surface area contributed by atoms with Gasteiger partial charge >= 0.3 is 0 Å². The Morgan fingerprint density at radius 2 is 1.79 bits per heavy atom. The molecule has 1 amide bonds. The lowest BCUT2D eigenvalue weighted by atomic mass is 10.2. The predicted octanol–water partition coefficient (Wildman–Crippen LogP) is 5.12. The average Bonchev–Trinajstić information content (AvgIpc) is 3.36. The third-order valence-corrected chi connectivity index (χ3v) is 4.19. The van der Waals surface area contributed by atoms with Gasteiger partial charge in [-0.25, -0.2) is 4.98 Å². The van der Waals surface area contributed by atoms with Gasteiger partial charge in [-0.3, -0.25) is 4.79 Å². The molecule has 1 fully saturated rings. The molecule has 1 N–H and O–H groups in total. The second kappa shape index (κ2) is 6.13. The van der Waals surface area contributed by atoms with E-state index in [9.17, 15) is 4.79 Å². The van der Waals surface area contributed by atoms with Crippen LogP contribution in [0, 0.1) is 0 Å². The van der Waals surface area contributed by atoms with Crippen molar-refractivity contribution >= 4 is 23.2 Å². The number of hydrogen-bond acceptors (Lipinski definition) is 3. The van der Waals surface area contributed by atoms with E-state index in [1.165, 1.54) is 0 Å². The largest absolute Gasteiger partial charge is 0.440 e. The van der Waals surface area contributed by atoms with Crippen LogP contribution in [0.15, 0.2) is 59.0 Å². The summed E-state index contributed by atoms with van der Waals surface area (Å²) in [6.45, 7) is 0. The summed E-state index contributed by atoms with van der Waals surface area (Å²) in [7, 11) is 0. The van der Waals surface area contributed by atoms with Crippen molar-refractivity contribution in [2.45, 2.75) is 18.8 Å². The fourth-order valence-electron chi connectivity index (χ4n) is 2.54. The Balaban J connectivity index is 1.65. The zero-order chi connectivity index (χ0) is 16.5. The van der Waals surface area contributed by atoms with Crippen LogP contribution < -0.4 is 5.32 Å². The maximum Gasteiger partial charge on any atom is 0.277 e. The average molecular weight is 339 g/mol. The van der Waals surface area contributed by atoms with Gasteiger partial charge in [0.2, 0.25) is 5.89 Å². The van der Waals surface area contributed by atoms with Gasteiger partial charge in [-0.15, -0.1) is 0 Å². The lowest BCUT2D eigenvalue weighted by Crippen LogP contribution is -2.14. The number of anilines is 1. The van der Waals surface area contributed by atoms with Crippen LogP contribution in [-0.2, 0) is 0 Å². The number of nitrogens with zero attached hydrogens (tertiary/aromatic N) is 1. The Morgan fingerprint density at radius 1 is 1.08 bits per heavy atom. The Bertz CT molecular complexity index is 868. The molecule has 4 rings (SSSR count). The lowest BCUT2D eigenvalue weighted by Gasteiger charge is -2.04. The van der Waals surface area contributed by atoms with Crippen LogP contribution >= 0.6 is 11.6 Å². The summed E-state index contributed by atoms with van der Waals surface area (Å²) in [6, 6.07) is 16.6. The topological polar surface area (TPSA) is 55.1 Å². The second-order valence-electron chi connectivity index (χ2n) is 5.83. The molecule has 120 valence electrons. The third kappa shape index (κ3) is 3.05. The van der Waals surface area contributed by atoms with E-state index in [1.807, 2.05) is 30.3 Å². The van der Waals surface area contributed by atoms with E-state index in [1.54, 1.807) is 24.3 Å². The summed E-state index contributed by atoms with van der Waals surface area (Å²) in [5.41, 5.74) is 1.91. The van der Waals surface area contributed by atoms with Gasteiger partial charge in [-0.2, -0.15) is 0 Å². The highest BCUT2D eigenvalue weighted by Crippen LogP contribution is 2.43. The second-order valence-corrected chi connectivity index (χ2v) is 6.27. The van der Waals surface area contributed by atoms with Gasteiger partial charge in [-0.05, 0) is 49.2 Å². The molecule has 4 nitrogen and oxygen atoms in total. The Morgan fingerprint density at radius 3 is 2.46 bits per heavy atom. The molecule has 0 radical (unpaired) electrons. The van der Waals surface area contributed by atoms with Gasteiger partial charge in [-0.1, -0.05) is 29.8 Å². The SMILES string of the molecule is O=C(Nc1ccc(Cl)cc1)c1nc(-c2ccccc2)oc1C1CC1. The molecule has 0 spiro atoms. The highest BCUT2D eigenvalue weighted by atomic mass is 35.5. The summed E-state index contributed by atoms with van der Waals surface area (Å²) in [6.07, 6.45) is 2.06. The first kappa shape index (κ1) is 15.0. The van der Waals surface area contributed by atoms with E-state index >= 15 is 0 Å². The Labute approximate surface area is 144 Å². The van der Waals surface area contributed by atoms with Crippen molar-refractivity contribution < 1.29 is 9.21 Å². The lowest BCUT2D eigenvalue weighted by molar-refractivity contribution is 0.102.